The number of aliphatic hydroxyl groups is 1. The second-order valence-electron chi connectivity index (χ2n) is 30.5. The number of nitrogens with two attached hydrogens (primary N) is 4. The summed E-state index contributed by atoms with van der Waals surface area (Å²) in [4.78, 5) is 264. The van der Waals surface area contributed by atoms with Gasteiger partial charge < -0.3 is 127 Å². The smallest absolute Gasteiger partial charge is 0.326 e. The highest BCUT2D eigenvalue weighted by Crippen LogP contribution is 2.22. The SMILES string of the molecule is CSCC[C@H](NC(=O)[C@@H](NC(=O)[C@H](CC(=O)O)NC(=O)[C@H](CCC(N)=O)NC(=O)[C@@H](N)Cc1cnc[nH]1)C(C)C)C(=O)N[C@@H](CCCCN)C(=O)N[C@@H](CC(C)C)C(=O)N[C@@H](C)C(=O)N[C@@H](Cc1ccc(O)cc1)C(=O)N[C@@H](C)C(=O)N[C@@H](CC(=O)O)C(=O)N[C@H](C(=O)N[C@@H](CC(C)C)C(=O)N1CCC[C@H]1C(=O)N[C@@H](CC(N)=O)C(=O)O)[C@@H](C)O. The van der Waals surface area contributed by atoms with Crippen LogP contribution in [-0.2, 0) is 104 Å². The zero-order valence-corrected chi connectivity index (χ0v) is 69.6. The van der Waals surface area contributed by atoms with Crippen molar-refractivity contribution in [1.82, 2.24) is 84.0 Å². The highest BCUT2D eigenvalue weighted by molar-refractivity contribution is 7.98. The zero-order chi connectivity index (χ0) is 90.5. The number of likely N-dealkylation sites (tertiary alicyclic amines) is 1. The molecule has 1 saturated heterocycles. The van der Waals surface area contributed by atoms with Gasteiger partial charge in [-0.25, -0.2) is 9.78 Å². The predicted octanol–water partition coefficient (Wildman–Crippen LogP) is -6.25. The number of aromatic nitrogens is 2. The normalized spacial score (nSPS) is 16.3. The lowest BCUT2D eigenvalue weighted by Crippen LogP contribution is -2.62. The number of H-pyrrole nitrogens is 1. The van der Waals surface area contributed by atoms with Crippen LogP contribution in [0.5, 0.6) is 5.75 Å². The van der Waals surface area contributed by atoms with E-state index in [4.69, 9.17) is 22.9 Å². The maximum absolute atomic E-state index is 14.5. The minimum absolute atomic E-state index is 0.0267. The van der Waals surface area contributed by atoms with E-state index < -0.39 is 247 Å². The van der Waals surface area contributed by atoms with E-state index in [1.807, 2.05) is 0 Å². The molecule has 2 heterocycles. The molecule has 1 aliphatic rings. The van der Waals surface area contributed by atoms with E-state index in [1.54, 1.807) is 34.0 Å². The number of amides is 16. The maximum atomic E-state index is 14.5. The average Bonchev–Trinajstić information content (AvgIpc) is 1.60. The largest absolute Gasteiger partial charge is 0.508 e. The monoisotopic (exact) mass is 1710 g/mol. The lowest BCUT2D eigenvalue weighted by Gasteiger charge is -2.31. The number of aromatic amines is 1. The third kappa shape index (κ3) is 35.9. The van der Waals surface area contributed by atoms with Gasteiger partial charge in [0.05, 0.1) is 37.7 Å². The van der Waals surface area contributed by atoms with Gasteiger partial charge in [0.25, 0.3) is 0 Å². The van der Waals surface area contributed by atoms with E-state index >= 15 is 0 Å². The van der Waals surface area contributed by atoms with Gasteiger partial charge in [-0.05, 0) is 133 Å². The Morgan fingerprint density at radius 3 is 1.46 bits per heavy atom. The summed E-state index contributed by atoms with van der Waals surface area (Å²) in [6.45, 7) is 13.4. The molecule has 0 spiro atoms. The molecule has 668 valence electrons. The number of aliphatic carboxylic acids is 3. The molecule has 1 aliphatic heterocycles. The first-order valence-corrected chi connectivity index (χ1v) is 40.5. The third-order valence-electron chi connectivity index (χ3n) is 18.8. The first-order valence-electron chi connectivity index (χ1n) is 39.1. The number of hydrogen-bond donors (Lipinski definition) is 23. The summed E-state index contributed by atoms with van der Waals surface area (Å²) < 4.78 is 0. The molecule has 120 heavy (non-hydrogen) atoms. The van der Waals surface area contributed by atoms with Gasteiger partial charge in [-0.3, -0.25) is 86.3 Å². The van der Waals surface area contributed by atoms with Gasteiger partial charge in [0.15, 0.2) is 0 Å². The van der Waals surface area contributed by atoms with Crippen LogP contribution in [-0.4, -0.2) is 275 Å². The van der Waals surface area contributed by atoms with Crippen LogP contribution in [0.1, 0.15) is 157 Å². The Hall–Kier alpha value is -11.6. The fourth-order valence-corrected chi connectivity index (χ4v) is 12.9. The molecule has 3 rings (SSSR count). The highest BCUT2D eigenvalue weighted by atomic mass is 32.2. The van der Waals surface area contributed by atoms with Gasteiger partial charge in [0.2, 0.25) is 94.5 Å². The molecule has 27 N–H and O–H groups in total. The van der Waals surface area contributed by atoms with Gasteiger partial charge in [-0.15, -0.1) is 0 Å². The number of hydrogen-bond acceptors (Lipinski definition) is 25. The number of carboxylic acid groups (broad SMARTS) is 3. The van der Waals surface area contributed by atoms with E-state index in [-0.39, 0.29) is 94.2 Å². The van der Waals surface area contributed by atoms with Crippen LogP contribution in [0, 0.1) is 17.8 Å². The van der Waals surface area contributed by atoms with Gasteiger partial charge in [0.1, 0.15) is 90.3 Å². The molecule has 45 heteroatoms. The second kappa shape index (κ2) is 51.0. The van der Waals surface area contributed by atoms with E-state index in [1.165, 1.54) is 69.3 Å². The van der Waals surface area contributed by atoms with Crippen molar-refractivity contribution in [2.45, 2.75) is 255 Å². The Kier molecular flexibility index (Phi) is 43.6. The van der Waals surface area contributed by atoms with Crippen molar-refractivity contribution in [2.24, 2.45) is 40.7 Å². The summed E-state index contributed by atoms with van der Waals surface area (Å²) >= 11 is 1.28. The quantitative estimate of drug-likeness (QED) is 0.0274. The van der Waals surface area contributed by atoms with Gasteiger partial charge >= 0.3 is 17.9 Å². The van der Waals surface area contributed by atoms with Gasteiger partial charge in [-0.1, -0.05) is 53.7 Å². The molecule has 1 fully saturated rings. The van der Waals surface area contributed by atoms with Crippen LogP contribution < -0.4 is 92.1 Å². The number of aliphatic hydroxyl groups excluding tert-OH is 1. The molecule has 0 bridgehead atoms. The number of thioether (sulfide) groups is 1. The lowest BCUT2D eigenvalue weighted by atomic mass is 10.0. The van der Waals surface area contributed by atoms with E-state index in [0.717, 1.165) is 18.7 Å². The van der Waals surface area contributed by atoms with Crippen LogP contribution in [0.25, 0.3) is 0 Å². The molecule has 0 saturated carbocycles. The van der Waals surface area contributed by atoms with Crippen molar-refractivity contribution in [1.29, 1.82) is 0 Å². The number of carboxylic acids is 3. The molecular weight excluding hydrogens is 1600 g/mol. The summed E-state index contributed by atoms with van der Waals surface area (Å²) in [6.07, 6.45) is -0.880. The number of rotatable bonds is 54. The van der Waals surface area contributed by atoms with Crippen LogP contribution in [0.2, 0.25) is 0 Å². The standard InChI is InChI=1S/C75H118N20O24S/c1-35(2)26-48(89-64(107)45(14-11-12-23-76)85-66(109)47(22-25-120-10)86-72(115)59(37(5)6)93-69(112)51(32-58(102)103)90-65(108)46(20-21-55(78)98)84-63(106)44(77)29-42-33-80-34-81-42)67(110)82-38(7)61(104)87-49(28-41-16-18-43(97)19-17-41)68(111)83-39(8)62(105)88-50(31-57(100)101)70(113)94-60(40(9)96)73(116)91-52(27-36(3)4)74(117)95-24-13-15-54(95)71(114)92-53(75(118)119)30-56(79)99/h16-19,33-40,44-54,59-60,96-97H,11-15,20-32,76-77H2,1-10H3,(H2,78,98)(H2,79,99)(H,80,81)(H,82,110)(H,83,111)(H,84,106)(H,85,109)(H,86,115)(H,87,104)(H,88,105)(H,89,107)(H,90,108)(H,91,116)(H,92,114)(H,93,112)(H,94,113)(H,100,101)(H,102,103)(H,118,119)/t38-,39-,40+,44-,45-,46-,47-,48-,49-,50-,51-,52-,53-,54-,59-,60-/m0/s1. The molecule has 0 aliphatic carbocycles. The molecule has 0 radical (unpaired) electrons. The number of nitrogens with one attached hydrogen (secondary N) is 14. The Morgan fingerprint density at radius 1 is 0.508 bits per heavy atom. The minimum Gasteiger partial charge on any atom is -0.508 e. The Labute approximate surface area is 696 Å². The number of benzene rings is 1. The molecule has 1 aromatic heterocycles. The van der Waals surface area contributed by atoms with Crippen LogP contribution in [0.3, 0.4) is 0 Å². The summed E-state index contributed by atoms with van der Waals surface area (Å²) in [5.74, 6) is -22.5. The Bertz CT molecular complexity index is 3890. The zero-order valence-electron chi connectivity index (χ0n) is 68.8. The van der Waals surface area contributed by atoms with Gasteiger partial charge in [-0.2, -0.15) is 11.8 Å². The highest BCUT2D eigenvalue weighted by Gasteiger charge is 2.43. The fourth-order valence-electron chi connectivity index (χ4n) is 12.4. The number of carbonyl (C=O) groups excluding carboxylic acids is 16. The molecule has 16 atom stereocenters. The average molecular weight is 1720 g/mol. The van der Waals surface area contributed by atoms with Crippen LogP contribution >= 0.6 is 11.8 Å². The van der Waals surface area contributed by atoms with Crippen molar-refractivity contribution in [2.75, 3.05) is 25.1 Å². The molecule has 0 unspecified atom stereocenters. The molecule has 2 aromatic rings. The number of phenolic OH excluding ortho intramolecular Hbond substituents is 1. The number of unbranched alkanes of at least 4 members (excludes halogenated alkanes) is 1. The van der Waals surface area contributed by atoms with E-state index in [9.17, 15) is 117 Å². The van der Waals surface area contributed by atoms with E-state index in [0.29, 0.717) is 17.7 Å². The van der Waals surface area contributed by atoms with Gasteiger partial charge in [0, 0.05) is 37.7 Å². The first-order chi connectivity index (χ1) is 56.3. The van der Waals surface area contributed by atoms with Crippen molar-refractivity contribution in [3.63, 3.8) is 0 Å². The van der Waals surface area contributed by atoms with Crippen molar-refractivity contribution in [3.05, 3.63) is 48.0 Å². The summed E-state index contributed by atoms with van der Waals surface area (Å²) in [6, 6.07) is -18.4. The fraction of sp³-hybridized carbons (Fsp3) is 0.627. The third-order valence-corrected chi connectivity index (χ3v) is 19.5. The maximum Gasteiger partial charge on any atom is 0.326 e. The molecule has 44 nitrogen and oxygen atoms in total. The van der Waals surface area contributed by atoms with Crippen molar-refractivity contribution in [3.8, 4) is 5.75 Å². The number of aromatic hydroxyl groups is 1. The number of primary amides is 2. The predicted molar refractivity (Wildman–Crippen MR) is 429 cm³/mol. The number of imidazole rings is 1. The molecular formula is C75H118N20O24S. The minimum atomic E-state index is -2.04. The molecule has 16 amide bonds. The second-order valence-corrected chi connectivity index (χ2v) is 31.4. The summed E-state index contributed by atoms with van der Waals surface area (Å²) in [5, 5.41) is 81.8. The number of carbonyl (C=O) groups is 19. The Balaban J connectivity index is 1.85. The summed E-state index contributed by atoms with van der Waals surface area (Å²) in [7, 11) is 0. The summed E-state index contributed by atoms with van der Waals surface area (Å²) in [5.41, 5.74) is 23.2. The topological polar surface area (TPSA) is 718 Å². The van der Waals surface area contributed by atoms with E-state index in [2.05, 4.69) is 79.1 Å². The van der Waals surface area contributed by atoms with Crippen molar-refractivity contribution >= 4 is 124 Å². The van der Waals surface area contributed by atoms with Crippen LogP contribution in [0.4, 0.5) is 0 Å². The molecule has 1 aromatic carbocycles. The van der Waals surface area contributed by atoms with Crippen molar-refractivity contribution < 1.29 is 117 Å². The number of nitrogens with zero attached hydrogens (tertiary/aromatic N) is 2. The first kappa shape index (κ1) is 103. The Morgan fingerprint density at radius 2 is 0.967 bits per heavy atom. The van der Waals surface area contributed by atoms with Crippen LogP contribution in [0.15, 0.2) is 36.8 Å². The number of phenols is 1. The lowest BCUT2D eigenvalue weighted by molar-refractivity contribution is -0.146.